The minimum Gasteiger partial charge on any atom is -0.348 e. The van der Waals surface area contributed by atoms with Gasteiger partial charge in [-0.05, 0) is 61.2 Å². The lowest BCUT2D eigenvalue weighted by atomic mass is 9.99. The van der Waals surface area contributed by atoms with Crippen LogP contribution in [0.25, 0.3) is 0 Å². The molecule has 0 radical (unpaired) electrons. The van der Waals surface area contributed by atoms with E-state index in [0.717, 1.165) is 21.0 Å². The number of sulfonamides is 1. The van der Waals surface area contributed by atoms with Crippen LogP contribution in [0.15, 0.2) is 71.6 Å². The predicted molar refractivity (Wildman–Crippen MR) is 135 cm³/mol. The van der Waals surface area contributed by atoms with Crippen LogP contribution in [0.4, 0.5) is 5.69 Å². The fourth-order valence-electron chi connectivity index (χ4n) is 3.48. The van der Waals surface area contributed by atoms with Gasteiger partial charge in [0.25, 0.3) is 10.0 Å². The van der Waals surface area contributed by atoms with Crippen molar-refractivity contribution in [1.82, 2.24) is 5.32 Å². The molecule has 0 saturated heterocycles. The molecule has 5 nitrogen and oxygen atoms in total. The van der Waals surface area contributed by atoms with Crippen molar-refractivity contribution < 1.29 is 13.2 Å². The van der Waals surface area contributed by atoms with Crippen LogP contribution in [0.3, 0.4) is 0 Å². The molecule has 3 aromatic rings. The standard InChI is InChI=1S/C25H26Cl2N2O3S/c1-4-22(19-14-13-17(2)18(3)15-19)28-24(30)16-29(23-12-8-11-21(26)25(23)27)33(31,32)20-9-6-5-7-10-20/h5-15,22H,4,16H2,1-3H3,(H,28,30). The number of carbonyl (C=O) groups is 1. The molecule has 0 spiro atoms. The van der Waals surface area contributed by atoms with Gasteiger partial charge in [0, 0.05) is 0 Å². The lowest BCUT2D eigenvalue weighted by Crippen LogP contribution is -2.42. The van der Waals surface area contributed by atoms with E-state index >= 15 is 0 Å². The number of anilines is 1. The SMILES string of the molecule is CCC(NC(=O)CN(c1cccc(Cl)c1Cl)S(=O)(=O)c1ccccc1)c1ccc(C)c(C)c1. The second-order valence-electron chi connectivity index (χ2n) is 7.77. The van der Waals surface area contributed by atoms with Gasteiger partial charge >= 0.3 is 0 Å². The minimum absolute atomic E-state index is 0.0510. The molecule has 1 unspecified atom stereocenters. The predicted octanol–water partition coefficient (Wildman–Crippen LogP) is 6.07. The third-order valence-corrected chi connectivity index (χ3v) is 8.08. The van der Waals surface area contributed by atoms with Crippen molar-refractivity contribution >= 4 is 44.8 Å². The maximum atomic E-state index is 13.5. The summed E-state index contributed by atoms with van der Waals surface area (Å²) in [4.78, 5) is 13.2. The van der Waals surface area contributed by atoms with Gasteiger partial charge in [-0.25, -0.2) is 8.42 Å². The Kier molecular flexibility index (Phi) is 8.05. The Morgan fingerprint density at radius 2 is 1.67 bits per heavy atom. The zero-order valence-electron chi connectivity index (χ0n) is 18.7. The number of nitrogens with zero attached hydrogens (tertiary/aromatic N) is 1. The smallest absolute Gasteiger partial charge is 0.264 e. The minimum atomic E-state index is -4.08. The average molecular weight is 505 g/mol. The van der Waals surface area contributed by atoms with Gasteiger partial charge in [-0.3, -0.25) is 9.10 Å². The topological polar surface area (TPSA) is 66.5 Å². The summed E-state index contributed by atoms with van der Waals surface area (Å²) in [6, 6.07) is 18.4. The van der Waals surface area contributed by atoms with Crippen LogP contribution in [0.5, 0.6) is 0 Å². The molecule has 1 N–H and O–H groups in total. The number of halogens is 2. The fraction of sp³-hybridized carbons (Fsp3) is 0.240. The number of aryl methyl sites for hydroxylation is 2. The zero-order valence-corrected chi connectivity index (χ0v) is 21.0. The number of nitrogens with one attached hydrogen (secondary N) is 1. The number of amides is 1. The Bertz CT molecular complexity index is 1250. The third kappa shape index (κ3) is 5.69. The first kappa shape index (κ1) is 25.1. The number of rotatable bonds is 8. The maximum absolute atomic E-state index is 13.5. The Morgan fingerprint density at radius 3 is 2.30 bits per heavy atom. The van der Waals surface area contributed by atoms with Crippen LogP contribution < -0.4 is 9.62 Å². The zero-order chi connectivity index (χ0) is 24.2. The molecule has 174 valence electrons. The Labute approximate surface area is 205 Å². The molecule has 0 fully saturated rings. The fourth-order valence-corrected chi connectivity index (χ4v) is 5.38. The van der Waals surface area contributed by atoms with Gasteiger partial charge < -0.3 is 5.32 Å². The van der Waals surface area contributed by atoms with Crippen molar-refractivity contribution in [3.05, 3.63) is 93.5 Å². The molecular weight excluding hydrogens is 479 g/mol. The molecule has 33 heavy (non-hydrogen) atoms. The molecule has 0 aromatic heterocycles. The summed E-state index contributed by atoms with van der Waals surface area (Å²) in [5.74, 6) is -0.448. The van der Waals surface area contributed by atoms with Crippen molar-refractivity contribution in [2.45, 2.75) is 38.1 Å². The van der Waals surface area contributed by atoms with Gasteiger partial charge in [0.05, 0.1) is 26.7 Å². The number of benzene rings is 3. The van der Waals surface area contributed by atoms with Crippen molar-refractivity contribution in [3.63, 3.8) is 0 Å². The highest BCUT2D eigenvalue weighted by Gasteiger charge is 2.30. The molecule has 0 aliphatic rings. The highest BCUT2D eigenvalue weighted by atomic mass is 35.5. The Balaban J connectivity index is 1.95. The van der Waals surface area contributed by atoms with E-state index in [-0.39, 0.29) is 26.7 Å². The first-order valence-corrected chi connectivity index (χ1v) is 12.7. The molecule has 1 amide bonds. The largest absolute Gasteiger partial charge is 0.348 e. The molecule has 0 aliphatic heterocycles. The summed E-state index contributed by atoms with van der Waals surface area (Å²) >= 11 is 12.5. The highest BCUT2D eigenvalue weighted by molar-refractivity contribution is 7.92. The van der Waals surface area contributed by atoms with Gasteiger partial charge in [-0.15, -0.1) is 0 Å². The van der Waals surface area contributed by atoms with Gasteiger partial charge in [0.2, 0.25) is 5.91 Å². The second kappa shape index (κ2) is 10.6. The summed E-state index contributed by atoms with van der Waals surface area (Å²) in [5.41, 5.74) is 3.39. The van der Waals surface area contributed by atoms with Crippen molar-refractivity contribution in [1.29, 1.82) is 0 Å². The summed E-state index contributed by atoms with van der Waals surface area (Å²) in [7, 11) is -4.08. The first-order chi connectivity index (χ1) is 15.6. The monoisotopic (exact) mass is 504 g/mol. The first-order valence-electron chi connectivity index (χ1n) is 10.5. The van der Waals surface area contributed by atoms with E-state index in [9.17, 15) is 13.2 Å². The summed E-state index contributed by atoms with van der Waals surface area (Å²) in [5, 5.41) is 3.23. The summed E-state index contributed by atoms with van der Waals surface area (Å²) in [6.45, 7) is 5.56. The Hall–Kier alpha value is -2.54. The summed E-state index contributed by atoms with van der Waals surface area (Å²) in [6.07, 6.45) is 0.650. The van der Waals surface area contributed by atoms with E-state index < -0.39 is 22.5 Å². The van der Waals surface area contributed by atoms with Crippen molar-refractivity contribution in [3.8, 4) is 0 Å². The van der Waals surface area contributed by atoms with Gasteiger partial charge in [0.1, 0.15) is 6.54 Å². The highest BCUT2D eigenvalue weighted by Crippen LogP contribution is 2.35. The van der Waals surface area contributed by atoms with Gasteiger partial charge in [-0.1, -0.05) is 72.6 Å². The molecule has 8 heteroatoms. The molecular formula is C25H26Cl2N2O3S. The van der Waals surface area contributed by atoms with E-state index in [0.29, 0.717) is 6.42 Å². The molecule has 3 rings (SSSR count). The van der Waals surface area contributed by atoms with Crippen LogP contribution in [-0.2, 0) is 14.8 Å². The molecule has 0 heterocycles. The van der Waals surface area contributed by atoms with E-state index in [2.05, 4.69) is 5.32 Å². The van der Waals surface area contributed by atoms with Crippen molar-refractivity contribution in [2.75, 3.05) is 10.8 Å². The molecule has 0 aliphatic carbocycles. The van der Waals surface area contributed by atoms with E-state index in [4.69, 9.17) is 23.2 Å². The maximum Gasteiger partial charge on any atom is 0.264 e. The van der Waals surface area contributed by atoms with Crippen LogP contribution in [0, 0.1) is 13.8 Å². The van der Waals surface area contributed by atoms with Gasteiger partial charge in [0.15, 0.2) is 0 Å². The lowest BCUT2D eigenvalue weighted by molar-refractivity contribution is -0.120. The van der Waals surface area contributed by atoms with Crippen LogP contribution in [0.1, 0.15) is 36.1 Å². The number of hydrogen-bond acceptors (Lipinski definition) is 3. The number of carbonyl (C=O) groups excluding carboxylic acids is 1. The van der Waals surface area contributed by atoms with Crippen LogP contribution >= 0.6 is 23.2 Å². The van der Waals surface area contributed by atoms with Crippen LogP contribution in [-0.4, -0.2) is 20.9 Å². The average Bonchev–Trinajstić information content (AvgIpc) is 2.80. The lowest BCUT2D eigenvalue weighted by Gasteiger charge is -2.26. The van der Waals surface area contributed by atoms with E-state index in [1.54, 1.807) is 30.3 Å². The third-order valence-electron chi connectivity index (χ3n) is 5.50. The molecule has 3 aromatic carbocycles. The molecule has 1 atom stereocenters. The van der Waals surface area contributed by atoms with E-state index in [1.165, 1.54) is 18.2 Å². The van der Waals surface area contributed by atoms with Crippen molar-refractivity contribution in [2.24, 2.45) is 0 Å². The van der Waals surface area contributed by atoms with Crippen LogP contribution in [0.2, 0.25) is 10.0 Å². The second-order valence-corrected chi connectivity index (χ2v) is 10.4. The molecule has 0 saturated carbocycles. The quantitative estimate of drug-likeness (QED) is 0.404. The van der Waals surface area contributed by atoms with Gasteiger partial charge in [-0.2, -0.15) is 0 Å². The Morgan fingerprint density at radius 1 is 0.970 bits per heavy atom. The molecule has 0 bridgehead atoms. The number of hydrogen-bond donors (Lipinski definition) is 1. The normalized spacial score (nSPS) is 12.3. The van der Waals surface area contributed by atoms with E-state index in [1.807, 2.05) is 39.0 Å². The summed E-state index contributed by atoms with van der Waals surface area (Å²) < 4.78 is 28.0.